The van der Waals surface area contributed by atoms with Crippen LogP contribution in [-0.4, -0.2) is 61.1 Å². The van der Waals surface area contributed by atoms with Gasteiger partial charge in [-0.3, -0.25) is 9.80 Å². The molecule has 154 valence electrons. The summed E-state index contributed by atoms with van der Waals surface area (Å²) in [6.45, 7) is 4.94. The van der Waals surface area contributed by atoms with E-state index in [9.17, 15) is 9.59 Å². The van der Waals surface area contributed by atoms with Crippen molar-refractivity contribution in [3.8, 4) is 6.07 Å². The fraction of sp³-hybridized carbons (Fsp3) is 0.318. The molecule has 8 nitrogen and oxygen atoms in total. The van der Waals surface area contributed by atoms with Crippen molar-refractivity contribution in [3.63, 3.8) is 0 Å². The Labute approximate surface area is 175 Å². The number of amides is 4. The third kappa shape index (κ3) is 4.53. The molecule has 0 bridgehead atoms. The van der Waals surface area contributed by atoms with Gasteiger partial charge >= 0.3 is 12.1 Å². The van der Waals surface area contributed by atoms with Crippen LogP contribution in [0.3, 0.4) is 0 Å². The molecular weight excluding hydrogens is 380 g/mol. The van der Waals surface area contributed by atoms with Gasteiger partial charge in [-0.25, -0.2) is 9.59 Å². The Hall–Kier alpha value is -3.57. The van der Waals surface area contributed by atoms with Crippen LogP contribution < -0.4 is 15.5 Å². The van der Waals surface area contributed by atoms with Crippen molar-refractivity contribution >= 4 is 23.4 Å². The summed E-state index contributed by atoms with van der Waals surface area (Å²) >= 11 is 0. The van der Waals surface area contributed by atoms with Crippen LogP contribution in [0, 0.1) is 11.3 Å². The first-order chi connectivity index (χ1) is 14.6. The average molecular weight is 404 g/mol. The Kier molecular flexibility index (Phi) is 5.82. The van der Waals surface area contributed by atoms with Crippen LogP contribution >= 0.6 is 0 Å². The minimum Gasteiger partial charge on any atom is -0.336 e. The summed E-state index contributed by atoms with van der Waals surface area (Å²) in [5.41, 5.74) is 3.27. The van der Waals surface area contributed by atoms with Crippen LogP contribution in [0.2, 0.25) is 0 Å². The predicted molar refractivity (Wildman–Crippen MR) is 114 cm³/mol. The number of urea groups is 2. The second-order valence-electron chi connectivity index (χ2n) is 7.44. The van der Waals surface area contributed by atoms with Crippen molar-refractivity contribution < 1.29 is 9.59 Å². The number of carbonyl (C=O) groups is 2. The molecule has 2 fully saturated rings. The maximum absolute atomic E-state index is 12.7. The molecule has 2 aromatic rings. The van der Waals surface area contributed by atoms with Crippen LogP contribution in [0.4, 0.5) is 21.0 Å². The number of rotatable bonds is 4. The summed E-state index contributed by atoms with van der Waals surface area (Å²) in [6.07, 6.45) is 0. The molecular formula is C22H24N6O2. The average Bonchev–Trinajstić information content (AvgIpc) is 3.21. The van der Waals surface area contributed by atoms with E-state index < -0.39 is 0 Å². The lowest BCUT2D eigenvalue weighted by atomic mass is 10.1. The molecule has 2 N–H and O–H groups in total. The molecule has 2 aliphatic rings. The van der Waals surface area contributed by atoms with Gasteiger partial charge in [0.2, 0.25) is 0 Å². The molecule has 0 aliphatic carbocycles. The number of anilines is 2. The Morgan fingerprint density at radius 3 is 2.50 bits per heavy atom. The zero-order valence-corrected chi connectivity index (χ0v) is 16.7. The van der Waals surface area contributed by atoms with Gasteiger partial charge in [-0.1, -0.05) is 18.2 Å². The second-order valence-corrected chi connectivity index (χ2v) is 7.44. The van der Waals surface area contributed by atoms with Gasteiger partial charge in [0.05, 0.1) is 11.6 Å². The smallest absolute Gasteiger partial charge is 0.321 e. The van der Waals surface area contributed by atoms with Crippen molar-refractivity contribution in [2.75, 3.05) is 49.5 Å². The molecule has 0 unspecified atom stereocenters. The minimum atomic E-state index is -0.129. The Morgan fingerprint density at radius 2 is 1.83 bits per heavy atom. The monoisotopic (exact) mass is 404 g/mol. The quantitative estimate of drug-likeness (QED) is 0.819. The SMILES string of the molecule is N#Cc1ccc(CN2CCN(C(=O)Nc3cccc(N4CCNC4=O)c3)CC2)cc1. The van der Waals surface area contributed by atoms with E-state index in [2.05, 4.69) is 21.6 Å². The van der Waals surface area contributed by atoms with Crippen molar-refractivity contribution in [2.45, 2.75) is 6.54 Å². The van der Waals surface area contributed by atoms with E-state index in [1.807, 2.05) is 53.4 Å². The van der Waals surface area contributed by atoms with E-state index in [0.717, 1.165) is 30.9 Å². The maximum Gasteiger partial charge on any atom is 0.321 e. The summed E-state index contributed by atoms with van der Waals surface area (Å²) in [6, 6.07) is 16.9. The van der Waals surface area contributed by atoms with Gasteiger partial charge in [0.1, 0.15) is 0 Å². The normalized spacial score (nSPS) is 16.8. The first-order valence-corrected chi connectivity index (χ1v) is 10.0. The number of hydrogen-bond acceptors (Lipinski definition) is 4. The van der Waals surface area contributed by atoms with Crippen molar-refractivity contribution in [1.82, 2.24) is 15.1 Å². The molecule has 0 spiro atoms. The van der Waals surface area contributed by atoms with E-state index in [1.165, 1.54) is 0 Å². The van der Waals surface area contributed by atoms with Crippen LogP contribution in [0.15, 0.2) is 48.5 Å². The molecule has 0 aromatic heterocycles. The van der Waals surface area contributed by atoms with E-state index in [-0.39, 0.29) is 12.1 Å². The van der Waals surface area contributed by atoms with Gasteiger partial charge in [0.25, 0.3) is 0 Å². The number of carbonyl (C=O) groups excluding carboxylic acids is 2. The lowest BCUT2D eigenvalue weighted by molar-refractivity contribution is 0.143. The standard InChI is InChI=1S/C22H24N6O2/c23-15-17-4-6-18(7-5-17)16-26-10-12-27(13-11-26)22(30)25-19-2-1-3-20(14-19)28-9-8-24-21(28)29/h1-7,14H,8-13,16H2,(H,24,29)(H,25,30). The number of nitrogens with one attached hydrogen (secondary N) is 2. The lowest BCUT2D eigenvalue weighted by Crippen LogP contribution is -2.49. The minimum absolute atomic E-state index is 0.114. The third-order valence-corrected chi connectivity index (χ3v) is 5.41. The zero-order valence-electron chi connectivity index (χ0n) is 16.7. The molecule has 2 heterocycles. The summed E-state index contributed by atoms with van der Waals surface area (Å²) in [5, 5.41) is 14.6. The van der Waals surface area contributed by atoms with E-state index >= 15 is 0 Å². The van der Waals surface area contributed by atoms with Gasteiger partial charge in [0.15, 0.2) is 0 Å². The number of nitriles is 1. The highest BCUT2D eigenvalue weighted by atomic mass is 16.2. The van der Waals surface area contributed by atoms with E-state index in [4.69, 9.17) is 5.26 Å². The molecule has 4 rings (SSSR count). The Balaban J connectivity index is 1.29. The molecule has 0 atom stereocenters. The molecule has 4 amide bonds. The summed E-state index contributed by atoms with van der Waals surface area (Å²) in [4.78, 5) is 30.3. The number of benzene rings is 2. The van der Waals surface area contributed by atoms with Gasteiger partial charge in [-0.15, -0.1) is 0 Å². The molecule has 2 aliphatic heterocycles. The third-order valence-electron chi connectivity index (χ3n) is 5.41. The zero-order chi connectivity index (χ0) is 20.9. The maximum atomic E-state index is 12.7. The van der Waals surface area contributed by atoms with Crippen LogP contribution in [0.1, 0.15) is 11.1 Å². The lowest BCUT2D eigenvalue weighted by Gasteiger charge is -2.34. The first kappa shape index (κ1) is 19.7. The molecule has 30 heavy (non-hydrogen) atoms. The van der Waals surface area contributed by atoms with Crippen LogP contribution in [0.5, 0.6) is 0 Å². The molecule has 0 saturated carbocycles. The number of hydrogen-bond donors (Lipinski definition) is 2. The Bertz CT molecular complexity index is 960. The largest absolute Gasteiger partial charge is 0.336 e. The van der Waals surface area contributed by atoms with Gasteiger partial charge < -0.3 is 15.5 Å². The van der Waals surface area contributed by atoms with Gasteiger partial charge in [-0.05, 0) is 35.9 Å². The summed E-state index contributed by atoms with van der Waals surface area (Å²) in [5.74, 6) is 0. The molecule has 2 saturated heterocycles. The van der Waals surface area contributed by atoms with E-state index in [0.29, 0.717) is 37.4 Å². The summed E-state index contributed by atoms with van der Waals surface area (Å²) < 4.78 is 0. The molecule has 8 heteroatoms. The molecule has 0 radical (unpaired) electrons. The number of nitrogens with zero attached hydrogens (tertiary/aromatic N) is 4. The fourth-order valence-electron chi connectivity index (χ4n) is 3.72. The molecule has 2 aromatic carbocycles. The van der Waals surface area contributed by atoms with Crippen molar-refractivity contribution in [1.29, 1.82) is 5.26 Å². The highest BCUT2D eigenvalue weighted by Gasteiger charge is 2.23. The highest BCUT2D eigenvalue weighted by molar-refractivity contribution is 5.95. The van der Waals surface area contributed by atoms with Gasteiger partial charge in [-0.2, -0.15) is 5.26 Å². The van der Waals surface area contributed by atoms with Crippen LogP contribution in [-0.2, 0) is 6.54 Å². The fourth-order valence-corrected chi connectivity index (χ4v) is 3.72. The Morgan fingerprint density at radius 1 is 1.07 bits per heavy atom. The predicted octanol–water partition coefficient (Wildman–Crippen LogP) is 2.44. The van der Waals surface area contributed by atoms with Crippen molar-refractivity contribution in [2.24, 2.45) is 0 Å². The van der Waals surface area contributed by atoms with Crippen molar-refractivity contribution in [3.05, 3.63) is 59.7 Å². The summed E-state index contributed by atoms with van der Waals surface area (Å²) in [7, 11) is 0. The highest BCUT2D eigenvalue weighted by Crippen LogP contribution is 2.21. The van der Waals surface area contributed by atoms with Gasteiger partial charge in [0, 0.05) is 57.2 Å². The number of piperazine rings is 1. The van der Waals surface area contributed by atoms with E-state index in [1.54, 1.807) is 4.90 Å². The first-order valence-electron chi connectivity index (χ1n) is 10.0. The second kappa shape index (κ2) is 8.84. The van der Waals surface area contributed by atoms with Crippen LogP contribution in [0.25, 0.3) is 0 Å². The topological polar surface area (TPSA) is 91.7 Å².